The summed E-state index contributed by atoms with van der Waals surface area (Å²) in [5.74, 6) is 2.01. The molecule has 2 atom stereocenters. The number of quaternary nitrogens is 1. The van der Waals surface area contributed by atoms with Crippen molar-refractivity contribution in [2.24, 2.45) is 0 Å². The number of hydrogen-bond acceptors (Lipinski definition) is 5. The number of aromatic nitrogens is 1. The highest BCUT2D eigenvalue weighted by molar-refractivity contribution is 5.61. The Kier molecular flexibility index (Phi) is 5.25. The fraction of sp³-hybridized carbons (Fsp3) is 0.684. The number of aromatic amines is 1. The Balaban J connectivity index is 1.69. The van der Waals surface area contributed by atoms with E-state index in [4.69, 9.17) is 9.47 Å². The van der Waals surface area contributed by atoms with Gasteiger partial charge in [0.05, 0.1) is 58.1 Å². The van der Waals surface area contributed by atoms with E-state index >= 15 is 0 Å². The normalized spacial score (nSPS) is 25.6. The van der Waals surface area contributed by atoms with E-state index in [2.05, 4.69) is 28.3 Å². The zero-order chi connectivity index (χ0) is 17.9. The molecule has 4 heterocycles. The zero-order valence-electron chi connectivity index (χ0n) is 15.6. The highest BCUT2D eigenvalue weighted by Crippen LogP contribution is 2.28. The molecule has 7 heteroatoms. The van der Waals surface area contributed by atoms with Crippen molar-refractivity contribution < 1.29 is 19.4 Å². The van der Waals surface area contributed by atoms with Crippen LogP contribution in [-0.2, 0) is 22.4 Å². The Bertz CT molecular complexity index is 690. The molecule has 2 saturated heterocycles. The molecule has 0 radical (unpaired) electrons. The average Bonchev–Trinajstić information content (AvgIpc) is 3.20. The van der Waals surface area contributed by atoms with E-state index in [1.807, 2.05) is 0 Å². The lowest BCUT2D eigenvalue weighted by Crippen LogP contribution is -3.08. The fourth-order valence-corrected chi connectivity index (χ4v) is 4.22. The van der Waals surface area contributed by atoms with E-state index in [0.29, 0.717) is 13.2 Å². The Morgan fingerprint density at radius 1 is 1.31 bits per heavy atom. The molecule has 2 fully saturated rings. The highest BCUT2D eigenvalue weighted by Gasteiger charge is 2.32. The van der Waals surface area contributed by atoms with Gasteiger partial charge in [0.2, 0.25) is 11.6 Å². The van der Waals surface area contributed by atoms with Crippen LogP contribution in [0.2, 0.25) is 0 Å². The number of likely N-dealkylation sites (N-methyl/N-ethyl adjacent to an activating group) is 1. The van der Waals surface area contributed by atoms with E-state index < -0.39 is 0 Å². The van der Waals surface area contributed by atoms with Gasteiger partial charge in [-0.1, -0.05) is 0 Å². The molecular formula is C19H29N5O2+2. The van der Waals surface area contributed by atoms with E-state index in [9.17, 15) is 5.26 Å². The van der Waals surface area contributed by atoms with Gasteiger partial charge in [0.1, 0.15) is 18.2 Å². The average molecular weight is 359 g/mol. The minimum Gasteiger partial charge on any atom is -0.375 e. The third kappa shape index (κ3) is 3.50. The maximum Gasteiger partial charge on any atom is 0.240 e. The second-order valence-electron chi connectivity index (χ2n) is 7.54. The molecule has 3 N–H and O–H groups in total. The number of rotatable bonds is 4. The Hall–Kier alpha value is -1.88. The minimum absolute atomic E-state index is 0.287. The minimum atomic E-state index is 0.287. The molecule has 1 unspecified atom stereocenters. The third-order valence-corrected chi connectivity index (χ3v) is 5.70. The first-order valence-corrected chi connectivity index (χ1v) is 9.77. The van der Waals surface area contributed by atoms with Crippen LogP contribution in [0.1, 0.15) is 29.5 Å². The molecule has 0 amide bonds. The van der Waals surface area contributed by atoms with Crippen LogP contribution >= 0.6 is 0 Å². The van der Waals surface area contributed by atoms with Crippen molar-refractivity contribution in [1.82, 2.24) is 0 Å². The first-order chi connectivity index (χ1) is 12.8. The standard InChI is InChI=1S/C19H27N5O2/c1-23-5-4-15-16(11-20)19(24-6-9-25-10-7-24)22-18(17(15)13-23)21-12-14-3-2-8-26-14/h14H,2-10,12-13H2,1H3,(H,21,22)/p+2/t14-/m1/s1. The summed E-state index contributed by atoms with van der Waals surface area (Å²) in [6.07, 6.45) is 3.50. The first kappa shape index (κ1) is 17.5. The summed E-state index contributed by atoms with van der Waals surface area (Å²) in [5.41, 5.74) is 3.30. The van der Waals surface area contributed by atoms with Gasteiger partial charge in [-0.2, -0.15) is 5.26 Å². The molecule has 3 aliphatic rings. The molecule has 4 rings (SSSR count). The summed E-state index contributed by atoms with van der Waals surface area (Å²) in [6, 6.07) is 2.48. The monoisotopic (exact) mass is 359 g/mol. The van der Waals surface area contributed by atoms with Crippen LogP contribution in [0.25, 0.3) is 0 Å². The molecule has 0 saturated carbocycles. The summed E-state index contributed by atoms with van der Waals surface area (Å²) < 4.78 is 11.3. The number of pyridine rings is 1. The number of ether oxygens (including phenoxy) is 2. The molecule has 1 aromatic heterocycles. The van der Waals surface area contributed by atoms with E-state index in [0.717, 1.165) is 75.8 Å². The van der Waals surface area contributed by atoms with Crippen molar-refractivity contribution in [1.29, 1.82) is 5.26 Å². The SMILES string of the molecule is C[NH+]1CCc2c(C#N)c(N3CCOCC3)[nH+]c(NC[C@H]3CCCO3)c2C1. The number of morpholine rings is 1. The number of anilines is 2. The summed E-state index contributed by atoms with van der Waals surface area (Å²) in [5, 5.41) is 13.5. The summed E-state index contributed by atoms with van der Waals surface area (Å²) in [4.78, 5) is 7.31. The third-order valence-electron chi connectivity index (χ3n) is 5.70. The topological polar surface area (TPSA) is 76.1 Å². The molecule has 0 bridgehead atoms. The summed E-state index contributed by atoms with van der Waals surface area (Å²) >= 11 is 0. The van der Waals surface area contributed by atoms with Crippen molar-refractivity contribution >= 4 is 11.6 Å². The van der Waals surface area contributed by atoms with Gasteiger partial charge < -0.3 is 19.7 Å². The van der Waals surface area contributed by atoms with Crippen LogP contribution in [0.4, 0.5) is 11.6 Å². The quantitative estimate of drug-likeness (QED) is 0.749. The van der Waals surface area contributed by atoms with E-state index in [1.165, 1.54) is 16.0 Å². The van der Waals surface area contributed by atoms with E-state index in [-0.39, 0.29) is 6.10 Å². The Morgan fingerprint density at radius 3 is 2.88 bits per heavy atom. The number of fused-ring (bicyclic) bond motifs is 1. The van der Waals surface area contributed by atoms with Gasteiger partial charge in [0.15, 0.2) is 0 Å². The second kappa shape index (κ2) is 7.78. The molecule has 0 aliphatic carbocycles. The zero-order valence-corrected chi connectivity index (χ0v) is 15.6. The van der Waals surface area contributed by atoms with Crippen molar-refractivity contribution in [3.8, 4) is 6.07 Å². The lowest BCUT2D eigenvalue weighted by molar-refractivity contribution is -0.895. The van der Waals surface area contributed by atoms with Crippen LogP contribution < -0.4 is 20.1 Å². The van der Waals surface area contributed by atoms with Gasteiger partial charge in [-0.3, -0.25) is 4.90 Å². The molecule has 26 heavy (non-hydrogen) atoms. The van der Waals surface area contributed by atoms with Crippen molar-refractivity contribution in [2.45, 2.75) is 31.9 Å². The molecule has 3 aliphatic heterocycles. The van der Waals surface area contributed by atoms with Gasteiger partial charge in [-0.25, -0.2) is 4.98 Å². The lowest BCUT2D eigenvalue weighted by atomic mass is 9.95. The number of nitrogens with one attached hydrogen (secondary N) is 3. The number of nitrogens with zero attached hydrogens (tertiary/aromatic N) is 2. The summed E-state index contributed by atoms with van der Waals surface area (Å²) in [6.45, 7) is 6.75. The molecule has 7 nitrogen and oxygen atoms in total. The van der Waals surface area contributed by atoms with Crippen molar-refractivity contribution in [2.75, 3.05) is 63.3 Å². The van der Waals surface area contributed by atoms with Gasteiger partial charge in [0.25, 0.3) is 0 Å². The number of H-pyrrole nitrogens is 1. The van der Waals surface area contributed by atoms with E-state index in [1.54, 1.807) is 0 Å². The molecule has 0 aromatic carbocycles. The Morgan fingerprint density at radius 2 is 2.15 bits per heavy atom. The van der Waals surface area contributed by atoms with Crippen LogP contribution in [0, 0.1) is 11.3 Å². The summed E-state index contributed by atoms with van der Waals surface area (Å²) in [7, 11) is 2.22. The van der Waals surface area contributed by atoms with Crippen LogP contribution in [0.15, 0.2) is 0 Å². The number of hydrogen-bond donors (Lipinski definition) is 2. The van der Waals surface area contributed by atoms with Crippen LogP contribution in [0.3, 0.4) is 0 Å². The number of nitriles is 1. The molecule has 1 aromatic rings. The van der Waals surface area contributed by atoms with Gasteiger partial charge in [0, 0.05) is 13.0 Å². The Labute approximate surface area is 154 Å². The molecule has 140 valence electrons. The first-order valence-electron chi connectivity index (χ1n) is 9.77. The van der Waals surface area contributed by atoms with Gasteiger partial charge in [-0.05, 0) is 18.4 Å². The van der Waals surface area contributed by atoms with Crippen LogP contribution in [0.5, 0.6) is 0 Å². The van der Waals surface area contributed by atoms with Crippen molar-refractivity contribution in [3.05, 3.63) is 16.7 Å². The van der Waals surface area contributed by atoms with Gasteiger partial charge >= 0.3 is 0 Å². The van der Waals surface area contributed by atoms with Gasteiger partial charge in [-0.15, -0.1) is 0 Å². The predicted molar refractivity (Wildman–Crippen MR) is 97.4 cm³/mol. The lowest BCUT2D eigenvalue weighted by Gasteiger charge is -2.28. The van der Waals surface area contributed by atoms with Crippen LogP contribution in [-0.4, -0.2) is 59.2 Å². The molecular weight excluding hydrogens is 330 g/mol. The largest absolute Gasteiger partial charge is 0.375 e. The van der Waals surface area contributed by atoms with Crippen molar-refractivity contribution in [3.63, 3.8) is 0 Å². The smallest absolute Gasteiger partial charge is 0.240 e. The maximum atomic E-state index is 9.89. The fourth-order valence-electron chi connectivity index (χ4n) is 4.22. The highest BCUT2D eigenvalue weighted by atomic mass is 16.5. The predicted octanol–water partition coefficient (Wildman–Crippen LogP) is -0.629. The maximum absolute atomic E-state index is 9.89. The second-order valence-corrected chi connectivity index (χ2v) is 7.54. The molecule has 0 spiro atoms.